The Hall–Kier alpha value is -2.10. The van der Waals surface area contributed by atoms with Crippen LogP contribution in [0.3, 0.4) is 0 Å². The maximum Gasteiger partial charge on any atom is 0.0924 e. The summed E-state index contributed by atoms with van der Waals surface area (Å²) in [6.07, 6.45) is 5.70. The summed E-state index contributed by atoms with van der Waals surface area (Å²) in [6.45, 7) is 0. The van der Waals surface area contributed by atoms with Crippen molar-refractivity contribution in [1.29, 1.82) is 0 Å². The van der Waals surface area contributed by atoms with Crippen molar-refractivity contribution in [1.82, 2.24) is 19.6 Å². The maximum atomic E-state index is 4.32. The SMILES string of the molecule is Cn1cc2cc(-n3cccn3)ccc2n1. The van der Waals surface area contributed by atoms with E-state index in [0.717, 1.165) is 16.6 Å². The van der Waals surface area contributed by atoms with Gasteiger partial charge in [0.15, 0.2) is 0 Å². The predicted octanol–water partition coefficient (Wildman–Crippen LogP) is 1.76. The van der Waals surface area contributed by atoms with Crippen LogP contribution in [0.1, 0.15) is 0 Å². The number of aryl methyl sites for hydroxylation is 1. The third-order valence-corrected chi connectivity index (χ3v) is 2.37. The summed E-state index contributed by atoms with van der Waals surface area (Å²) in [5.74, 6) is 0. The van der Waals surface area contributed by atoms with Crippen LogP contribution in [0.2, 0.25) is 0 Å². The molecular weight excluding hydrogens is 188 g/mol. The molecule has 1 aromatic carbocycles. The molecule has 0 unspecified atom stereocenters. The monoisotopic (exact) mass is 198 g/mol. The Balaban J connectivity index is 2.21. The molecular formula is C11H10N4. The van der Waals surface area contributed by atoms with Crippen molar-refractivity contribution in [2.75, 3.05) is 0 Å². The Bertz CT molecular complexity index is 592. The highest BCUT2D eigenvalue weighted by Gasteiger charge is 2.01. The van der Waals surface area contributed by atoms with Gasteiger partial charge < -0.3 is 0 Å². The highest BCUT2D eigenvalue weighted by molar-refractivity contribution is 5.80. The van der Waals surface area contributed by atoms with Gasteiger partial charge in [-0.25, -0.2) is 4.68 Å². The molecule has 4 nitrogen and oxygen atoms in total. The van der Waals surface area contributed by atoms with Crippen LogP contribution in [0.4, 0.5) is 0 Å². The van der Waals surface area contributed by atoms with Gasteiger partial charge in [-0.15, -0.1) is 0 Å². The fraction of sp³-hybridized carbons (Fsp3) is 0.0909. The third-order valence-electron chi connectivity index (χ3n) is 2.37. The molecule has 4 heteroatoms. The molecule has 0 aliphatic rings. The molecule has 0 atom stereocenters. The molecule has 0 N–H and O–H groups in total. The lowest BCUT2D eigenvalue weighted by atomic mass is 10.2. The largest absolute Gasteiger partial charge is 0.275 e. The number of fused-ring (bicyclic) bond motifs is 1. The van der Waals surface area contributed by atoms with Crippen LogP contribution in [0.25, 0.3) is 16.6 Å². The molecule has 0 bridgehead atoms. The number of hydrogen-bond acceptors (Lipinski definition) is 2. The van der Waals surface area contributed by atoms with E-state index in [9.17, 15) is 0 Å². The van der Waals surface area contributed by atoms with Gasteiger partial charge in [0.25, 0.3) is 0 Å². The van der Waals surface area contributed by atoms with Crippen molar-refractivity contribution < 1.29 is 0 Å². The lowest BCUT2D eigenvalue weighted by Gasteiger charge is -1.99. The van der Waals surface area contributed by atoms with Gasteiger partial charge in [-0.05, 0) is 24.3 Å². The Morgan fingerprint density at radius 1 is 1.27 bits per heavy atom. The molecule has 0 aliphatic heterocycles. The van der Waals surface area contributed by atoms with Gasteiger partial charge >= 0.3 is 0 Å². The van der Waals surface area contributed by atoms with Crippen molar-refractivity contribution in [2.24, 2.45) is 7.05 Å². The minimum absolute atomic E-state index is 1.01. The third kappa shape index (κ3) is 1.30. The Kier molecular flexibility index (Phi) is 1.62. The van der Waals surface area contributed by atoms with E-state index in [1.807, 2.05) is 47.0 Å². The van der Waals surface area contributed by atoms with Gasteiger partial charge in [0.05, 0.1) is 11.2 Å². The van der Waals surface area contributed by atoms with E-state index in [-0.39, 0.29) is 0 Å². The first-order valence-electron chi connectivity index (χ1n) is 4.76. The van der Waals surface area contributed by atoms with Gasteiger partial charge in [0.1, 0.15) is 0 Å². The number of benzene rings is 1. The standard InChI is InChI=1S/C11H10N4/c1-14-8-9-7-10(3-4-11(9)13-14)15-6-2-5-12-15/h2-8H,1H3. The summed E-state index contributed by atoms with van der Waals surface area (Å²) >= 11 is 0. The quantitative estimate of drug-likeness (QED) is 0.597. The van der Waals surface area contributed by atoms with E-state index >= 15 is 0 Å². The van der Waals surface area contributed by atoms with Crippen molar-refractivity contribution in [3.8, 4) is 5.69 Å². The van der Waals surface area contributed by atoms with E-state index in [1.54, 1.807) is 6.20 Å². The average Bonchev–Trinajstić information content (AvgIpc) is 2.82. The van der Waals surface area contributed by atoms with E-state index in [2.05, 4.69) is 16.3 Å². The van der Waals surface area contributed by atoms with Crippen LogP contribution in [0.15, 0.2) is 42.9 Å². The normalized spacial score (nSPS) is 11.0. The lowest BCUT2D eigenvalue weighted by molar-refractivity contribution is 0.780. The summed E-state index contributed by atoms with van der Waals surface area (Å²) < 4.78 is 3.66. The number of hydrogen-bond donors (Lipinski definition) is 0. The molecule has 0 spiro atoms. The second-order valence-corrected chi connectivity index (χ2v) is 3.50. The van der Waals surface area contributed by atoms with Gasteiger partial charge in [-0.1, -0.05) is 0 Å². The molecule has 2 heterocycles. The summed E-state index contributed by atoms with van der Waals surface area (Å²) in [5.41, 5.74) is 2.06. The van der Waals surface area contributed by atoms with Crippen molar-refractivity contribution in [3.05, 3.63) is 42.9 Å². The summed E-state index contributed by atoms with van der Waals surface area (Å²) in [7, 11) is 1.92. The van der Waals surface area contributed by atoms with Crippen molar-refractivity contribution in [2.45, 2.75) is 0 Å². The predicted molar refractivity (Wildman–Crippen MR) is 57.8 cm³/mol. The first-order chi connectivity index (χ1) is 7.33. The molecule has 3 aromatic rings. The number of nitrogens with zero attached hydrogens (tertiary/aromatic N) is 4. The fourth-order valence-corrected chi connectivity index (χ4v) is 1.70. The highest BCUT2D eigenvalue weighted by atomic mass is 15.3. The first kappa shape index (κ1) is 8.23. The van der Waals surface area contributed by atoms with Gasteiger partial charge in [-0.3, -0.25) is 4.68 Å². The van der Waals surface area contributed by atoms with Crippen LogP contribution in [0, 0.1) is 0 Å². The first-order valence-corrected chi connectivity index (χ1v) is 4.76. The topological polar surface area (TPSA) is 35.6 Å². The maximum absolute atomic E-state index is 4.32. The molecule has 3 rings (SSSR count). The molecule has 0 saturated heterocycles. The zero-order chi connectivity index (χ0) is 10.3. The zero-order valence-corrected chi connectivity index (χ0v) is 8.33. The lowest BCUT2D eigenvalue weighted by Crippen LogP contribution is -1.92. The summed E-state index contributed by atoms with van der Waals surface area (Å²) in [5, 5.41) is 9.64. The molecule has 0 fully saturated rings. The molecule has 0 amide bonds. The molecule has 0 saturated carbocycles. The number of rotatable bonds is 1. The molecule has 15 heavy (non-hydrogen) atoms. The Morgan fingerprint density at radius 3 is 3.00 bits per heavy atom. The van der Waals surface area contributed by atoms with Crippen LogP contribution >= 0.6 is 0 Å². The Morgan fingerprint density at radius 2 is 2.20 bits per heavy atom. The second kappa shape index (κ2) is 2.95. The summed E-state index contributed by atoms with van der Waals surface area (Å²) in [6, 6.07) is 8.01. The minimum Gasteiger partial charge on any atom is -0.275 e. The summed E-state index contributed by atoms with van der Waals surface area (Å²) in [4.78, 5) is 0. The zero-order valence-electron chi connectivity index (χ0n) is 8.33. The molecule has 2 aromatic heterocycles. The van der Waals surface area contributed by atoms with E-state index in [0.29, 0.717) is 0 Å². The van der Waals surface area contributed by atoms with Crippen LogP contribution in [-0.4, -0.2) is 19.6 Å². The van der Waals surface area contributed by atoms with Gasteiger partial charge in [0, 0.05) is 31.0 Å². The minimum atomic E-state index is 1.01. The van der Waals surface area contributed by atoms with Gasteiger partial charge in [-0.2, -0.15) is 10.2 Å². The van der Waals surface area contributed by atoms with E-state index in [4.69, 9.17) is 0 Å². The van der Waals surface area contributed by atoms with Crippen molar-refractivity contribution >= 4 is 10.9 Å². The van der Waals surface area contributed by atoms with Crippen LogP contribution < -0.4 is 0 Å². The molecule has 74 valence electrons. The van der Waals surface area contributed by atoms with Gasteiger partial charge in [0.2, 0.25) is 0 Å². The van der Waals surface area contributed by atoms with E-state index in [1.165, 1.54) is 0 Å². The molecule has 0 aliphatic carbocycles. The smallest absolute Gasteiger partial charge is 0.0924 e. The van der Waals surface area contributed by atoms with Crippen molar-refractivity contribution in [3.63, 3.8) is 0 Å². The van der Waals surface area contributed by atoms with E-state index < -0.39 is 0 Å². The number of aromatic nitrogens is 4. The molecule has 0 radical (unpaired) electrons. The highest BCUT2D eigenvalue weighted by Crippen LogP contribution is 2.16. The van der Waals surface area contributed by atoms with Crippen LogP contribution in [0.5, 0.6) is 0 Å². The van der Waals surface area contributed by atoms with Crippen LogP contribution in [-0.2, 0) is 7.05 Å². The Labute approximate surface area is 86.7 Å². The average molecular weight is 198 g/mol. The fourth-order valence-electron chi connectivity index (χ4n) is 1.70. The second-order valence-electron chi connectivity index (χ2n) is 3.50.